The first-order valence-electron chi connectivity index (χ1n) is 8.61. The lowest BCUT2D eigenvalue weighted by Crippen LogP contribution is -2.23. The summed E-state index contributed by atoms with van der Waals surface area (Å²) < 4.78 is 0. The maximum atomic E-state index is 4.62. The first kappa shape index (κ1) is 17.3. The first-order chi connectivity index (χ1) is 11.2. The Morgan fingerprint density at radius 2 is 1.83 bits per heavy atom. The highest BCUT2D eigenvalue weighted by molar-refractivity contribution is 5.49. The quantitative estimate of drug-likeness (QED) is 0.696. The molecule has 0 bridgehead atoms. The van der Waals surface area contributed by atoms with E-state index in [9.17, 15) is 0 Å². The maximum Gasteiger partial charge on any atom is 0.134 e. The molecule has 1 N–H and O–H groups in total. The van der Waals surface area contributed by atoms with Crippen molar-refractivity contribution >= 4 is 11.6 Å². The number of rotatable bonds is 9. The summed E-state index contributed by atoms with van der Waals surface area (Å²) in [7, 11) is 0. The maximum absolute atomic E-state index is 4.62. The summed E-state index contributed by atoms with van der Waals surface area (Å²) in [6.45, 7) is 9.08. The smallest absolute Gasteiger partial charge is 0.134 e. The summed E-state index contributed by atoms with van der Waals surface area (Å²) in [5.41, 5.74) is 1.29. The van der Waals surface area contributed by atoms with Crippen molar-refractivity contribution in [2.45, 2.75) is 46.6 Å². The van der Waals surface area contributed by atoms with Crippen molar-refractivity contribution in [2.24, 2.45) is 0 Å². The Bertz CT molecular complexity index is 583. The minimum absolute atomic E-state index is 0.812. The van der Waals surface area contributed by atoms with Crippen molar-refractivity contribution in [1.82, 2.24) is 9.97 Å². The van der Waals surface area contributed by atoms with Gasteiger partial charge in [0.2, 0.25) is 0 Å². The number of hydrogen-bond donors (Lipinski definition) is 1. The number of aryl methyl sites for hydroxylation is 1. The zero-order valence-electron chi connectivity index (χ0n) is 14.5. The molecule has 0 saturated carbocycles. The molecule has 2 rings (SSSR count). The molecule has 0 aliphatic heterocycles. The molecule has 2 aromatic rings. The molecular formula is C19H28N4. The molecule has 0 atom stereocenters. The van der Waals surface area contributed by atoms with E-state index in [4.69, 9.17) is 0 Å². The third kappa shape index (κ3) is 5.55. The highest BCUT2D eigenvalue weighted by Gasteiger charge is 2.09. The molecule has 4 heteroatoms. The van der Waals surface area contributed by atoms with Crippen LogP contribution in [0.3, 0.4) is 0 Å². The number of unbranched alkanes of at least 4 members (excludes halogenated alkanes) is 2. The van der Waals surface area contributed by atoms with Gasteiger partial charge >= 0.3 is 0 Å². The van der Waals surface area contributed by atoms with Crippen LogP contribution in [0.2, 0.25) is 0 Å². The standard InChI is InChI=1S/C19H28N4/c1-4-6-10-13-20-18-14-19(22-16(3)21-18)23(5-2)15-17-11-8-7-9-12-17/h7-9,11-12,14H,4-6,10,13,15H2,1-3H3,(H,20,21,22). The summed E-state index contributed by atoms with van der Waals surface area (Å²) in [6, 6.07) is 12.6. The van der Waals surface area contributed by atoms with E-state index in [2.05, 4.69) is 64.4 Å². The van der Waals surface area contributed by atoms with Gasteiger partial charge in [0, 0.05) is 25.7 Å². The largest absolute Gasteiger partial charge is 0.370 e. The predicted octanol–water partition coefficient (Wildman–Crippen LogP) is 4.41. The third-order valence-electron chi connectivity index (χ3n) is 3.83. The highest BCUT2D eigenvalue weighted by atomic mass is 15.2. The minimum atomic E-state index is 0.812. The Labute approximate surface area is 140 Å². The van der Waals surface area contributed by atoms with Crippen molar-refractivity contribution < 1.29 is 0 Å². The molecule has 4 nitrogen and oxygen atoms in total. The second-order valence-electron chi connectivity index (χ2n) is 5.79. The SMILES string of the molecule is CCCCCNc1cc(N(CC)Cc2ccccc2)nc(C)n1. The molecule has 1 aromatic heterocycles. The van der Waals surface area contributed by atoms with Crippen LogP contribution in [0, 0.1) is 6.92 Å². The van der Waals surface area contributed by atoms with Gasteiger partial charge in [0.1, 0.15) is 17.5 Å². The van der Waals surface area contributed by atoms with Crippen molar-refractivity contribution in [2.75, 3.05) is 23.3 Å². The van der Waals surface area contributed by atoms with E-state index in [1.165, 1.54) is 24.8 Å². The molecule has 0 unspecified atom stereocenters. The summed E-state index contributed by atoms with van der Waals surface area (Å²) in [5.74, 6) is 2.73. The molecule has 0 spiro atoms. The molecule has 0 aliphatic rings. The van der Waals surface area contributed by atoms with Gasteiger partial charge in [-0.05, 0) is 25.8 Å². The topological polar surface area (TPSA) is 41.0 Å². The van der Waals surface area contributed by atoms with Crippen molar-refractivity contribution in [3.05, 3.63) is 47.8 Å². The van der Waals surface area contributed by atoms with E-state index in [1.807, 2.05) is 13.0 Å². The second-order valence-corrected chi connectivity index (χ2v) is 5.79. The van der Waals surface area contributed by atoms with Crippen LogP contribution in [-0.2, 0) is 6.54 Å². The molecule has 0 saturated heterocycles. The van der Waals surface area contributed by atoms with Gasteiger partial charge < -0.3 is 10.2 Å². The molecule has 124 valence electrons. The number of hydrogen-bond acceptors (Lipinski definition) is 4. The van der Waals surface area contributed by atoms with Crippen LogP contribution in [0.25, 0.3) is 0 Å². The van der Waals surface area contributed by atoms with Gasteiger partial charge in [-0.1, -0.05) is 50.1 Å². The molecule has 23 heavy (non-hydrogen) atoms. The van der Waals surface area contributed by atoms with E-state index in [0.717, 1.165) is 37.1 Å². The molecule has 0 amide bonds. The van der Waals surface area contributed by atoms with Crippen LogP contribution in [0.4, 0.5) is 11.6 Å². The molecule has 0 fully saturated rings. The van der Waals surface area contributed by atoms with Crippen LogP contribution in [0.5, 0.6) is 0 Å². The summed E-state index contributed by atoms with van der Waals surface area (Å²) in [5, 5.41) is 3.43. The molecule has 0 radical (unpaired) electrons. The Morgan fingerprint density at radius 3 is 2.52 bits per heavy atom. The zero-order valence-corrected chi connectivity index (χ0v) is 14.5. The summed E-state index contributed by atoms with van der Waals surface area (Å²) >= 11 is 0. The number of nitrogens with one attached hydrogen (secondary N) is 1. The Kier molecular flexibility index (Phi) is 6.85. The van der Waals surface area contributed by atoms with Gasteiger partial charge in [-0.15, -0.1) is 0 Å². The van der Waals surface area contributed by atoms with Gasteiger partial charge in [-0.25, -0.2) is 9.97 Å². The summed E-state index contributed by atoms with van der Waals surface area (Å²) in [4.78, 5) is 11.4. The lowest BCUT2D eigenvalue weighted by molar-refractivity contribution is 0.741. The van der Waals surface area contributed by atoms with Crippen LogP contribution >= 0.6 is 0 Å². The van der Waals surface area contributed by atoms with E-state index in [-0.39, 0.29) is 0 Å². The Hall–Kier alpha value is -2.10. The molecule has 0 aliphatic carbocycles. The zero-order chi connectivity index (χ0) is 16.5. The Balaban J connectivity index is 2.08. The van der Waals surface area contributed by atoms with Crippen molar-refractivity contribution in [3.8, 4) is 0 Å². The number of anilines is 2. The Morgan fingerprint density at radius 1 is 1.04 bits per heavy atom. The van der Waals surface area contributed by atoms with Crippen LogP contribution < -0.4 is 10.2 Å². The van der Waals surface area contributed by atoms with E-state index in [0.29, 0.717) is 0 Å². The lowest BCUT2D eigenvalue weighted by Gasteiger charge is -2.23. The monoisotopic (exact) mass is 312 g/mol. The molecule has 1 aromatic carbocycles. The van der Waals surface area contributed by atoms with Crippen LogP contribution in [0.15, 0.2) is 36.4 Å². The van der Waals surface area contributed by atoms with Gasteiger partial charge in [0.25, 0.3) is 0 Å². The van der Waals surface area contributed by atoms with Gasteiger partial charge in [0.05, 0.1) is 0 Å². The predicted molar refractivity (Wildman–Crippen MR) is 97.9 cm³/mol. The minimum Gasteiger partial charge on any atom is -0.370 e. The number of nitrogens with zero attached hydrogens (tertiary/aromatic N) is 3. The fourth-order valence-corrected chi connectivity index (χ4v) is 2.55. The third-order valence-corrected chi connectivity index (χ3v) is 3.83. The fraction of sp³-hybridized carbons (Fsp3) is 0.474. The average molecular weight is 312 g/mol. The molecular weight excluding hydrogens is 284 g/mol. The van der Waals surface area contributed by atoms with Crippen LogP contribution in [-0.4, -0.2) is 23.1 Å². The highest BCUT2D eigenvalue weighted by Crippen LogP contribution is 2.18. The molecule has 1 heterocycles. The van der Waals surface area contributed by atoms with E-state index in [1.54, 1.807) is 0 Å². The van der Waals surface area contributed by atoms with Crippen molar-refractivity contribution in [1.29, 1.82) is 0 Å². The number of benzene rings is 1. The fourth-order valence-electron chi connectivity index (χ4n) is 2.55. The lowest BCUT2D eigenvalue weighted by atomic mass is 10.2. The van der Waals surface area contributed by atoms with Gasteiger partial charge in [0.15, 0.2) is 0 Å². The van der Waals surface area contributed by atoms with Gasteiger partial charge in [-0.3, -0.25) is 0 Å². The van der Waals surface area contributed by atoms with E-state index >= 15 is 0 Å². The average Bonchev–Trinajstić information content (AvgIpc) is 2.57. The van der Waals surface area contributed by atoms with Crippen LogP contribution in [0.1, 0.15) is 44.5 Å². The summed E-state index contributed by atoms with van der Waals surface area (Å²) in [6.07, 6.45) is 3.66. The normalized spacial score (nSPS) is 10.6. The van der Waals surface area contributed by atoms with E-state index < -0.39 is 0 Å². The number of aromatic nitrogens is 2. The second kappa shape index (κ2) is 9.13. The van der Waals surface area contributed by atoms with Crippen molar-refractivity contribution in [3.63, 3.8) is 0 Å². The van der Waals surface area contributed by atoms with Gasteiger partial charge in [-0.2, -0.15) is 0 Å². The first-order valence-corrected chi connectivity index (χ1v) is 8.61.